The molecule has 0 aliphatic carbocycles. The van der Waals surface area contributed by atoms with Gasteiger partial charge in [-0.3, -0.25) is 4.98 Å². The first-order valence-corrected chi connectivity index (χ1v) is 6.66. The van der Waals surface area contributed by atoms with Crippen molar-refractivity contribution in [1.29, 1.82) is 0 Å². The lowest BCUT2D eigenvalue weighted by atomic mass is 9.99. The first-order valence-electron chi connectivity index (χ1n) is 6.66. The van der Waals surface area contributed by atoms with Gasteiger partial charge < -0.3 is 10.1 Å². The minimum atomic E-state index is -0.113. The lowest BCUT2D eigenvalue weighted by Crippen LogP contribution is -2.31. The highest BCUT2D eigenvalue weighted by atomic mass is 16.5. The summed E-state index contributed by atoms with van der Waals surface area (Å²) in [5.41, 5.74) is 1.04. The van der Waals surface area contributed by atoms with Crippen LogP contribution in [0.25, 0.3) is 10.8 Å². The van der Waals surface area contributed by atoms with E-state index in [1.807, 2.05) is 18.5 Å². The second-order valence-corrected chi connectivity index (χ2v) is 5.62. The van der Waals surface area contributed by atoms with Crippen LogP contribution in [-0.2, 0) is 4.74 Å². The zero-order valence-electron chi connectivity index (χ0n) is 12.1. The zero-order valence-corrected chi connectivity index (χ0v) is 12.1. The van der Waals surface area contributed by atoms with Gasteiger partial charge in [0.25, 0.3) is 0 Å². The van der Waals surface area contributed by atoms with Gasteiger partial charge in [-0.1, -0.05) is 12.1 Å². The molecule has 0 saturated carbocycles. The number of nitrogens with zero attached hydrogens (tertiary/aromatic N) is 1. The van der Waals surface area contributed by atoms with Crippen LogP contribution < -0.4 is 5.32 Å². The second-order valence-electron chi connectivity index (χ2n) is 5.62. The molecule has 19 heavy (non-hydrogen) atoms. The molecule has 2 aromatic rings. The van der Waals surface area contributed by atoms with Gasteiger partial charge in [-0.15, -0.1) is 0 Å². The number of methoxy groups -OCH3 is 1. The van der Waals surface area contributed by atoms with Gasteiger partial charge >= 0.3 is 0 Å². The largest absolute Gasteiger partial charge is 0.382 e. The molecule has 0 aliphatic heterocycles. The monoisotopic (exact) mass is 258 g/mol. The summed E-state index contributed by atoms with van der Waals surface area (Å²) >= 11 is 0. The molecule has 1 heterocycles. The topological polar surface area (TPSA) is 34.1 Å². The molecule has 0 saturated heterocycles. The van der Waals surface area contributed by atoms with Crippen molar-refractivity contribution in [2.75, 3.05) is 12.4 Å². The third-order valence-corrected chi connectivity index (χ3v) is 3.43. The molecule has 3 nitrogen and oxygen atoms in total. The van der Waals surface area contributed by atoms with Gasteiger partial charge in [-0.25, -0.2) is 0 Å². The molecular weight excluding hydrogens is 236 g/mol. The predicted octanol–water partition coefficient (Wildman–Crippen LogP) is 3.85. The maximum Gasteiger partial charge on any atom is 0.0642 e. The molecule has 0 spiro atoms. The van der Waals surface area contributed by atoms with Crippen LogP contribution in [-0.4, -0.2) is 23.7 Å². The van der Waals surface area contributed by atoms with Crippen molar-refractivity contribution < 1.29 is 4.74 Å². The summed E-state index contributed by atoms with van der Waals surface area (Å²) in [5, 5.41) is 5.93. The number of pyridine rings is 1. The van der Waals surface area contributed by atoms with Gasteiger partial charge in [0.1, 0.15) is 0 Å². The zero-order chi connectivity index (χ0) is 13.9. The summed E-state index contributed by atoms with van der Waals surface area (Å²) in [5.74, 6) is 0. The van der Waals surface area contributed by atoms with E-state index in [1.165, 1.54) is 5.39 Å². The van der Waals surface area contributed by atoms with Crippen molar-refractivity contribution in [2.45, 2.75) is 38.8 Å². The summed E-state index contributed by atoms with van der Waals surface area (Å²) in [7, 11) is 1.76. The van der Waals surface area contributed by atoms with Gasteiger partial charge in [0.05, 0.1) is 5.60 Å². The summed E-state index contributed by atoms with van der Waals surface area (Å²) in [6, 6.07) is 8.64. The Kier molecular flexibility index (Phi) is 4.05. The molecule has 0 bridgehead atoms. The van der Waals surface area contributed by atoms with E-state index in [0.717, 1.165) is 17.5 Å². The minimum Gasteiger partial charge on any atom is -0.382 e. The number of rotatable bonds is 5. The average Bonchev–Trinajstić information content (AvgIpc) is 2.38. The van der Waals surface area contributed by atoms with Crippen molar-refractivity contribution in [1.82, 2.24) is 4.98 Å². The van der Waals surface area contributed by atoms with Crippen molar-refractivity contribution >= 4 is 16.5 Å². The van der Waals surface area contributed by atoms with Crippen LogP contribution in [0.4, 0.5) is 5.69 Å². The standard InChI is InChI=1S/C16H22N2O/c1-12(10-16(2,3)19-4)18-15-7-5-6-13-11-17-9-8-14(13)15/h5-9,11-12,18H,10H2,1-4H3. The van der Waals surface area contributed by atoms with Crippen LogP contribution in [0.3, 0.4) is 0 Å². The van der Waals surface area contributed by atoms with Gasteiger partial charge in [-0.05, 0) is 39.3 Å². The molecule has 0 aliphatic rings. The molecule has 1 unspecified atom stereocenters. The van der Waals surface area contributed by atoms with Crippen LogP contribution in [0.2, 0.25) is 0 Å². The van der Waals surface area contributed by atoms with Crippen LogP contribution in [0.1, 0.15) is 27.2 Å². The summed E-state index contributed by atoms with van der Waals surface area (Å²) in [6.07, 6.45) is 4.67. The van der Waals surface area contributed by atoms with E-state index in [9.17, 15) is 0 Å². The number of anilines is 1. The van der Waals surface area contributed by atoms with Crippen LogP contribution in [0.15, 0.2) is 36.7 Å². The quantitative estimate of drug-likeness (QED) is 0.884. The average molecular weight is 258 g/mol. The Bertz CT molecular complexity index is 546. The molecule has 3 heteroatoms. The lowest BCUT2D eigenvalue weighted by Gasteiger charge is -2.28. The molecule has 0 fully saturated rings. The fourth-order valence-electron chi connectivity index (χ4n) is 2.39. The second kappa shape index (κ2) is 5.57. The number of hydrogen-bond acceptors (Lipinski definition) is 3. The predicted molar refractivity (Wildman–Crippen MR) is 80.5 cm³/mol. The number of fused-ring (bicyclic) bond motifs is 1. The Balaban J connectivity index is 2.17. The third-order valence-electron chi connectivity index (χ3n) is 3.43. The molecular formula is C16H22N2O. The van der Waals surface area contributed by atoms with E-state index >= 15 is 0 Å². The molecule has 1 atom stereocenters. The first-order chi connectivity index (χ1) is 9.02. The fourth-order valence-corrected chi connectivity index (χ4v) is 2.39. The maximum atomic E-state index is 5.48. The van der Waals surface area contributed by atoms with E-state index in [-0.39, 0.29) is 5.60 Å². The molecule has 0 amide bonds. The molecule has 1 aromatic carbocycles. The fraction of sp³-hybridized carbons (Fsp3) is 0.438. The molecule has 1 aromatic heterocycles. The SMILES string of the molecule is COC(C)(C)CC(C)Nc1cccc2cnccc12. The Morgan fingerprint density at radius 1 is 1.32 bits per heavy atom. The van der Waals surface area contributed by atoms with E-state index in [0.29, 0.717) is 6.04 Å². The minimum absolute atomic E-state index is 0.113. The normalized spacial score (nSPS) is 13.5. The van der Waals surface area contributed by atoms with Crippen LogP contribution >= 0.6 is 0 Å². The number of nitrogens with one attached hydrogen (secondary N) is 1. The molecule has 1 N–H and O–H groups in total. The van der Waals surface area contributed by atoms with Crippen molar-refractivity contribution in [3.05, 3.63) is 36.7 Å². The summed E-state index contributed by atoms with van der Waals surface area (Å²) in [6.45, 7) is 6.40. The number of aromatic nitrogens is 1. The van der Waals surface area contributed by atoms with E-state index < -0.39 is 0 Å². The van der Waals surface area contributed by atoms with Gasteiger partial charge in [0.2, 0.25) is 0 Å². The Morgan fingerprint density at radius 3 is 2.84 bits per heavy atom. The highest BCUT2D eigenvalue weighted by Gasteiger charge is 2.20. The van der Waals surface area contributed by atoms with Crippen molar-refractivity contribution in [2.24, 2.45) is 0 Å². The lowest BCUT2D eigenvalue weighted by molar-refractivity contribution is 0.0128. The third kappa shape index (κ3) is 3.44. The van der Waals surface area contributed by atoms with Gasteiger partial charge in [-0.2, -0.15) is 0 Å². The number of benzene rings is 1. The highest BCUT2D eigenvalue weighted by Crippen LogP contribution is 2.25. The number of hydrogen-bond donors (Lipinski definition) is 1. The molecule has 2 rings (SSSR count). The maximum absolute atomic E-state index is 5.48. The van der Waals surface area contributed by atoms with Crippen LogP contribution in [0, 0.1) is 0 Å². The number of ether oxygens (including phenoxy) is 1. The Labute approximate surface area is 115 Å². The smallest absolute Gasteiger partial charge is 0.0642 e. The van der Waals surface area contributed by atoms with E-state index in [2.05, 4.69) is 49.3 Å². The molecule has 0 radical (unpaired) electrons. The van der Waals surface area contributed by atoms with Gasteiger partial charge in [0.15, 0.2) is 0 Å². The van der Waals surface area contributed by atoms with E-state index in [1.54, 1.807) is 7.11 Å². The highest BCUT2D eigenvalue weighted by molar-refractivity contribution is 5.93. The van der Waals surface area contributed by atoms with E-state index in [4.69, 9.17) is 4.74 Å². The van der Waals surface area contributed by atoms with Crippen molar-refractivity contribution in [3.8, 4) is 0 Å². The van der Waals surface area contributed by atoms with Crippen LogP contribution in [0.5, 0.6) is 0 Å². The summed E-state index contributed by atoms with van der Waals surface area (Å²) in [4.78, 5) is 4.16. The Hall–Kier alpha value is -1.61. The van der Waals surface area contributed by atoms with Crippen molar-refractivity contribution in [3.63, 3.8) is 0 Å². The first kappa shape index (κ1) is 13.8. The Morgan fingerprint density at radius 2 is 2.11 bits per heavy atom. The summed E-state index contributed by atoms with van der Waals surface area (Å²) < 4.78 is 5.48. The molecule has 102 valence electrons. The van der Waals surface area contributed by atoms with Gasteiger partial charge in [0, 0.05) is 42.0 Å².